The molecule has 1 fully saturated rings. The van der Waals surface area contributed by atoms with Gasteiger partial charge in [0.05, 0.1) is 0 Å². The van der Waals surface area contributed by atoms with Gasteiger partial charge >= 0.3 is 0 Å². The molecule has 1 rings (SSSR count). The fourth-order valence-electron chi connectivity index (χ4n) is 2.02. The van der Waals surface area contributed by atoms with Gasteiger partial charge in [-0.3, -0.25) is 4.79 Å². The van der Waals surface area contributed by atoms with Crippen molar-refractivity contribution in [3.05, 3.63) is 12.7 Å². The van der Waals surface area contributed by atoms with Crippen LogP contribution in [0, 0.1) is 11.8 Å². The van der Waals surface area contributed by atoms with Crippen molar-refractivity contribution in [1.82, 2.24) is 4.90 Å². The third kappa shape index (κ3) is 2.87. The molecule has 0 aromatic heterocycles. The Morgan fingerprint density at radius 2 is 2.38 bits per heavy atom. The zero-order valence-electron chi connectivity index (χ0n) is 8.62. The van der Waals surface area contributed by atoms with Gasteiger partial charge < -0.3 is 4.90 Å². The van der Waals surface area contributed by atoms with Crippen molar-refractivity contribution in [2.75, 3.05) is 13.1 Å². The van der Waals surface area contributed by atoms with Gasteiger partial charge in [-0.25, -0.2) is 0 Å². The summed E-state index contributed by atoms with van der Waals surface area (Å²) in [5.74, 6) is 1.54. The molecule has 0 N–H and O–H groups in total. The molecule has 2 heteroatoms. The highest BCUT2D eigenvalue weighted by Crippen LogP contribution is 2.23. The van der Waals surface area contributed by atoms with E-state index in [1.165, 1.54) is 12.5 Å². The maximum Gasteiger partial charge on any atom is 0.245 e. The van der Waals surface area contributed by atoms with Crippen LogP contribution < -0.4 is 0 Å². The molecule has 13 heavy (non-hydrogen) atoms. The van der Waals surface area contributed by atoms with Gasteiger partial charge in [-0.2, -0.15) is 0 Å². The van der Waals surface area contributed by atoms with E-state index in [4.69, 9.17) is 0 Å². The molecule has 0 aliphatic carbocycles. The Bertz CT molecular complexity index is 198. The van der Waals surface area contributed by atoms with Crippen LogP contribution in [-0.4, -0.2) is 23.9 Å². The van der Waals surface area contributed by atoms with Crippen LogP contribution in [0.3, 0.4) is 0 Å². The number of hydrogen-bond donors (Lipinski definition) is 0. The van der Waals surface area contributed by atoms with E-state index < -0.39 is 0 Å². The molecule has 0 radical (unpaired) electrons. The molecule has 2 nitrogen and oxygen atoms in total. The van der Waals surface area contributed by atoms with Crippen LogP contribution in [-0.2, 0) is 4.79 Å². The zero-order chi connectivity index (χ0) is 9.84. The average Bonchev–Trinajstić information content (AvgIpc) is 2.50. The van der Waals surface area contributed by atoms with E-state index in [2.05, 4.69) is 20.4 Å². The molecule has 0 aromatic carbocycles. The average molecular weight is 181 g/mol. The van der Waals surface area contributed by atoms with Crippen LogP contribution in [0.4, 0.5) is 0 Å². The molecule has 1 heterocycles. The fourth-order valence-corrected chi connectivity index (χ4v) is 2.02. The summed E-state index contributed by atoms with van der Waals surface area (Å²) in [4.78, 5) is 13.2. The van der Waals surface area contributed by atoms with Gasteiger partial charge in [0.15, 0.2) is 0 Å². The Balaban J connectivity index is 2.36. The lowest BCUT2D eigenvalue weighted by Gasteiger charge is -2.15. The smallest absolute Gasteiger partial charge is 0.245 e. The fraction of sp³-hybridized carbons (Fsp3) is 0.727. The summed E-state index contributed by atoms with van der Waals surface area (Å²) >= 11 is 0. The van der Waals surface area contributed by atoms with Crippen LogP contribution in [0.15, 0.2) is 12.7 Å². The van der Waals surface area contributed by atoms with Crippen molar-refractivity contribution < 1.29 is 4.79 Å². The van der Waals surface area contributed by atoms with E-state index in [-0.39, 0.29) is 5.91 Å². The molecule has 1 aliphatic rings. The lowest BCUT2D eigenvalue weighted by Crippen LogP contribution is -2.26. The van der Waals surface area contributed by atoms with E-state index in [0.717, 1.165) is 25.4 Å². The van der Waals surface area contributed by atoms with Gasteiger partial charge in [-0.05, 0) is 30.8 Å². The van der Waals surface area contributed by atoms with Crippen LogP contribution in [0.5, 0.6) is 0 Å². The first-order valence-corrected chi connectivity index (χ1v) is 5.04. The summed E-state index contributed by atoms with van der Waals surface area (Å²) in [6, 6.07) is 0. The van der Waals surface area contributed by atoms with Crippen LogP contribution >= 0.6 is 0 Å². The highest BCUT2D eigenvalue weighted by molar-refractivity contribution is 5.87. The van der Waals surface area contributed by atoms with Gasteiger partial charge in [0.2, 0.25) is 5.91 Å². The van der Waals surface area contributed by atoms with E-state index in [1.807, 2.05) is 4.90 Å². The number of carbonyl (C=O) groups excluding carboxylic acids is 1. The summed E-state index contributed by atoms with van der Waals surface area (Å²) in [5.41, 5.74) is 0. The van der Waals surface area contributed by atoms with Crippen LogP contribution in [0.1, 0.15) is 26.7 Å². The minimum Gasteiger partial charge on any atom is -0.339 e. The van der Waals surface area contributed by atoms with Crippen molar-refractivity contribution >= 4 is 5.91 Å². The molecule has 1 atom stereocenters. The lowest BCUT2D eigenvalue weighted by molar-refractivity contribution is -0.125. The van der Waals surface area contributed by atoms with Crippen LogP contribution in [0.25, 0.3) is 0 Å². The normalized spacial score (nSPS) is 22.4. The third-order valence-electron chi connectivity index (χ3n) is 2.58. The number of hydrogen-bond acceptors (Lipinski definition) is 1. The van der Waals surface area contributed by atoms with E-state index in [1.54, 1.807) is 0 Å². The predicted octanol–water partition coefficient (Wildman–Crippen LogP) is 2.07. The Morgan fingerprint density at radius 1 is 1.69 bits per heavy atom. The minimum absolute atomic E-state index is 0.0891. The van der Waals surface area contributed by atoms with Gasteiger partial charge in [0, 0.05) is 13.1 Å². The number of likely N-dealkylation sites (tertiary alicyclic amines) is 1. The van der Waals surface area contributed by atoms with Gasteiger partial charge in [0.1, 0.15) is 0 Å². The minimum atomic E-state index is 0.0891. The molecule has 0 aromatic rings. The molecule has 1 saturated heterocycles. The van der Waals surface area contributed by atoms with Crippen molar-refractivity contribution in [2.24, 2.45) is 11.8 Å². The molecule has 1 amide bonds. The Morgan fingerprint density at radius 3 is 2.92 bits per heavy atom. The molecule has 0 spiro atoms. The molecule has 1 aliphatic heterocycles. The number of carbonyl (C=O) groups is 1. The topological polar surface area (TPSA) is 20.3 Å². The molecule has 74 valence electrons. The Labute approximate surface area is 80.6 Å². The predicted molar refractivity (Wildman–Crippen MR) is 54.3 cm³/mol. The zero-order valence-corrected chi connectivity index (χ0v) is 8.62. The maximum atomic E-state index is 11.3. The highest BCUT2D eigenvalue weighted by atomic mass is 16.2. The summed E-state index contributed by atoms with van der Waals surface area (Å²) < 4.78 is 0. The standard InChI is InChI=1S/C11H19NO/c1-4-11(13)12-6-5-10(8-12)7-9(2)3/h4,9-10H,1,5-8H2,2-3H3/t10-/m1/s1. The second kappa shape index (κ2) is 4.45. The van der Waals surface area contributed by atoms with Crippen molar-refractivity contribution in [2.45, 2.75) is 26.7 Å². The lowest BCUT2D eigenvalue weighted by atomic mass is 9.97. The maximum absolute atomic E-state index is 11.3. The van der Waals surface area contributed by atoms with E-state index in [0.29, 0.717) is 5.92 Å². The van der Waals surface area contributed by atoms with Crippen LogP contribution in [0.2, 0.25) is 0 Å². The quantitative estimate of drug-likeness (QED) is 0.610. The largest absolute Gasteiger partial charge is 0.339 e. The van der Waals surface area contributed by atoms with Gasteiger partial charge in [-0.1, -0.05) is 20.4 Å². The first-order chi connectivity index (χ1) is 6.13. The first kappa shape index (κ1) is 10.3. The second-order valence-electron chi connectivity index (χ2n) is 4.27. The summed E-state index contributed by atoms with van der Waals surface area (Å²) in [6.07, 6.45) is 3.82. The van der Waals surface area contributed by atoms with Gasteiger partial charge in [-0.15, -0.1) is 0 Å². The van der Waals surface area contributed by atoms with Crippen molar-refractivity contribution in [1.29, 1.82) is 0 Å². The number of amides is 1. The van der Waals surface area contributed by atoms with E-state index >= 15 is 0 Å². The Hall–Kier alpha value is -0.790. The monoisotopic (exact) mass is 181 g/mol. The van der Waals surface area contributed by atoms with Crippen molar-refractivity contribution in [3.63, 3.8) is 0 Å². The first-order valence-electron chi connectivity index (χ1n) is 5.04. The highest BCUT2D eigenvalue weighted by Gasteiger charge is 2.24. The second-order valence-corrected chi connectivity index (χ2v) is 4.27. The third-order valence-corrected chi connectivity index (χ3v) is 2.58. The summed E-state index contributed by atoms with van der Waals surface area (Å²) in [7, 11) is 0. The molecule has 0 bridgehead atoms. The van der Waals surface area contributed by atoms with E-state index in [9.17, 15) is 4.79 Å². The van der Waals surface area contributed by atoms with Gasteiger partial charge in [0.25, 0.3) is 0 Å². The summed E-state index contributed by atoms with van der Waals surface area (Å²) in [5, 5.41) is 0. The Kier molecular flexibility index (Phi) is 3.52. The molecular formula is C11H19NO. The summed E-state index contributed by atoms with van der Waals surface area (Å²) in [6.45, 7) is 9.82. The number of nitrogens with zero attached hydrogens (tertiary/aromatic N) is 1. The van der Waals surface area contributed by atoms with Crippen molar-refractivity contribution in [3.8, 4) is 0 Å². The molecular weight excluding hydrogens is 162 g/mol. The SMILES string of the molecule is C=CC(=O)N1CC[C@H](CC(C)C)C1. The molecule has 0 unspecified atom stereocenters. The number of rotatable bonds is 3. The molecule has 0 saturated carbocycles.